The molecule has 1 fully saturated rings. The van der Waals surface area contributed by atoms with Crippen LogP contribution in [0.4, 0.5) is 0 Å². The third kappa shape index (κ3) is 3.25. The molecular formula is C17H15BrN2S. The predicted octanol–water partition coefficient (Wildman–Crippen LogP) is 5.81. The lowest BCUT2D eigenvalue weighted by Gasteiger charge is -2.14. The number of hydrogen-bond donors (Lipinski definition) is 0. The predicted molar refractivity (Wildman–Crippen MR) is 90.9 cm³/mol. The third-order valence-corrected chi connectivity index (χ3v) is 5.17. The molecule has 1 saturated carbocycles. The zero-order valence-corrected chi connectivity index (χ0v) is 14.0. The van der Waals surface area contributed by atoms with E-state index in [1.54, 1.807) is 11.3 Å². The van der Waals surface area contributed by atoms with E-state index in [1.807, 2.05) is 29.6 Å². The first-order chi connectivity index (χ1) is 10.3. The summed E-state index contributed by atoms with van der Waals surface area (Å²) in [5, 5.41) is 12.4. The Bertz CT molecular complexity index is 699. The van der Waals surface area contributed by atoms with E-state index < -0.39 is 0 Å². The summed E-state index contributed by atoms with van der Waals surface area (Å²) in [6.45, 7) is 0. The molecule has 1 aliphatic rings. The van der Waals surface area contributed by atoms with Gasteiger partial charge in [0.2, 0.25) is 0 Å². The van der Waals surface area contributed by atoms with E-state index >= 15 is 0 Å². The van der Waals surface area contributed by atoms with Crippen LogP contribution in [-0.2, 0) is 0 Å². The molecule has 21 heavy (non-hydrogen) atoms. The number of aromatic nitrogens is 1. The smallest absolute Gasteiger partial charge is 0.134 e. The van der Waals surface area contributed by atoms with Crippen molar-refractivity contribution in [2.24, 2.45) is 0 Å². The second-order valence-electron chi connectivity index (χ2n) is 5.20. The molecule has 1 aliphatic carbocycles. The molecule has 3 rings (SSSR count). The quantitative estimate of drug-likeness (QED) is 0.634. The van der Waals surface area contributed by atoms with Gasteiger partial charge in [-0.1, -0.05) is 34.5 Å². The lowest BCUT2D eigenvalue weighted by molar-refractivity contribution is 0.601. The molecule has 4 heteroatoms. The van der Waals surface area contributed by atoms with Crippen molar-refractivity contribution in [3.8, 4) is 17.3 Å². The van der Waals surface area contributed by atoms with Crippen LogP contribution < -0.4 is 0 Å². The minimum absolute atomic E-state index is 0.808. The Morgan fingerprint density at radius 1 is 1.14 bits per heavy atom. The van der Waals surface area contributed by atoms with Crippen molar-refractivity contribution in [2.75, 3.05) is 0 Å². The lowest BCUT2D eigenvalue weighted by atomic mass is 9.91. The number of rotatable bonds is 2. The summed E-state index contributed by atoms with van der Waals surface area (Å²) in [5.74, 6) is 0. The highest BCUT2D eigenvalue weighted by Gasteiger charge is 2.16. The first kappa shape index (κ1) is 14.5. The molecule has 0 atom stereocenters. The van der Waals surface area contributed by atoms with E-state index in [1.165, 1.54) is 24.8 Å². The molecule has 2 aromatic rings. The van der Waals surface area contributed by atoms with Crippen LogP contribution in [0.3, 0.4) is 0 Å². The van der Waals surface area contributed by atoms with Gasteiger partial charge < -0.3 is 0 Å². The molecule has 0 saturated heterocycles. The summed E-state index contributed by atoms with van der Waals surface area (Å²) in [4.78, 5) is 4.68. The fraction of sp³-hybridized carbons (Fsp3) is 0.294. The van der Waals surface area contributed by atoms with Gasteiger partial charge >= 0.3 is 0 Å². The van der Waals surface area contributed by atoms with E-state index in [2.05, 4.69) is 27.0 Å². The minimum Gasteiger partial charge on any atom is -0.235 e. The fourth-order valence-electron chi connectivity index (χ4n) is 2.65. The average molecular weight is 359 g/mol. The zero-order chi connectivity index (χ0) is 14.7. The summed E-state index contributed by atoms with van der Waals surface area (Å²) in [5.41, 5.74) is 4.14. The zero-order valence-electron chi connectivity index (χ0n) is 11.6. The Morgan fingerprint density at radius 2 is 1.86 bits per heavy atom. The van der Waals surface area contributed by atoms with Crippen LogP contribution in [0.1, 0.15) is 37.1 Å². The highest BCUT2D eigenvalue weighted by atomic mass is 79.9. The van der Waals surface area contributed by atoms with Crippen molar-refractivity contribution in [1.82, 2.24) is 4.98 Å². The van der Waals surface area contributed by atoms with Gasteiger partial charge in [-0.05, 0) is 43.4 Å². The van der Waals surface area contributed by atoms with E-state index in [9.17, 15) is 5.26 Å². The molecule has 0 spiro atoms. The fourth-order valence-corrected chi connectivity index (χ4v) is 3.78. The van der Waals surface area contributed by atoms with Crippen molar-refractivity contribution in [3.05, 3.63) is 44.7 Å². The Labute approximate surface area is 137 Å². The topological polar surface area (TPSA) is 36.7 Å². The molecule has 1 heterocycles. The van der Waals surface area contributed by atoms with Gasteiger partial charge in [0.1, 0.15) is 11.1 Å². The molecule has 0 N–H and O–H groups in total. The van der Waals surface area contributed by atoms with Crippen molar-refractivity contribution in [1.29, 1.82) is 5.26 Å². The van der Waals surface area contributed by atoms with Gasteiger partial charge in [-0.25, -0.2) is 4.98 Å². The second-order valence-corrected chi connectivity index (χ2v) is 6.97. The van der Waals surface area contributed by atoms with Gasteiger partial charge in [0.05, 0.1) is 11.3 Å². The number of nitriles is 1. The second kappa shape index (κ2) is 6.55. The first-order valence-electron chi connectivity index (χ1n) is 7.12. The van der Waals surface area contributed by atoms with Gasteiger partial charge in [0, 0.05) is 15.4 Å². The van der Waals surface area contributed by atoms with Crippen molar-refractivity contribution in [2.45, 2.75) is 32.1 Å². The van der Waals surface area contributed by atoms with E-state index in [0.29, 0.717) is 0 Å². The summed E-state index contributed by atoms with van der Waals surface area (Å²) in [7, 11) is 0. The Balaban J connectivity index is 1.93. The monoisotopic (exact) mass is 358 g/mol. The molecular weight excluding hydrogens is 344 g/mol. The van der Waals surface area contributed by atoms with Gasteiger partial charge in [-0.3, -0.25) is 0 Å². The maximum Gasteiger partial charge on any atom is 0.134 e. The SMILES string of the molecule is N#CC(=C1CCCCC1)c1nc(-c2ccc(Br)cc2)cs1. The average Bonchev–Trinajstić information content (AvgIpc) is 2.99. The highest BCUT2D eigenvalue weighted by Crippen LogP contribution is 2.33. The number of benzene rings is 1. The van der Waals surface area contributed by atoms with Crippen LogP contribution in [0.15, 0.2) is 39.7 Å². The van der Waals surface area contributed by atoms with E-state index in [-0.39, 0.29) is 0 Å². The van der Waals surface area contributed by atoms with Crippen LogP contribution >= 0.6 is 27.3 Å². The molecule has 0 bridgehead atoms. The van der Waals surface area contributed by atoms with Gasteiger partial charge in [-0.15, -0.1) is 11.3 Å². The number of halogens is 1. The molecule has 1 aromatic carbocycles. The van der Waals surface area contributed by atoms with Crippen molar-refractivity contribution >= 4 is 32.8 Å². The number of nitrogens with zero attached hydrogens (tertiary/aromatic N) is 2. The Morgan fingerprint density at radius 3 is 2.52 bits per heavy atom. The molecule has 0 aliphatic heterocycles. The molecule has 0 radical (unpaired) electrons. The van der Waals surface area contributed by atoms with Crippen LogP contribution in [0.5, 0.6) is 0 Å². The number of thiazole rings is 1. The summed E-state index contributed by atoms with van der Waals surface area (Å²) < 4.78 is 1.06. The Kier molecular flexibility index (Phi) is 4.52. The minimum atomic E-state index is 0.808. The molecule has 1 aromatic heterocycles. The highest BCUT2D eigenvalue weighted by molar-refractivity contribution is 9.10. The number of hydrogen-bond acceptors (Lipinski definition) is 3. The third-order valence-electron chi connectivity index (χ3n) is 3.78. The Hall–Kier alpha value is -1.44. The van der Waals surface area contributed by atoms with Gasteiger partial charge in [0.15, 0.2) is 0 Å². The lowest BCUT2D eigenvalue weighted by Crippen LogP contribution is -1.97. The maximum atomic E-state index is 9.50. The standard InChI is InChI=1S/C17H15BrN2S/c18-14-8-6-13(7-9-14)16-11-21-17(20-16)15(10-19)12-4-2-1-3-5-12/h6-9,11H,1-5H2. The van der Waals surface area contributed by atoms with E-state index in [4.69, 9.17) is 0 Å². The van der Waals surface area contributed by atoms with Gasteiger partial charge in [0.25, 0.3) is 0 Å². The van der Waals surface area contributed by atoms with Crippen LogP contribution in [0.25, 0.3) is 16.8 Å². The van der Waals surface area contributed by atoms with Crippen LogP contribution in [-0.4, -0.2) is 4.98 Å². The summed E-state index contributed by atoms with van der Waals surface area (Å²) >= 11 is 5.01. The van der Waals surface area contributed by atoms with Crippen molar-refractivity contribution in [3.63, 3.8) is 0 Å². The molecule has 0 unspecified atom stereocenters. The number of allylic oxidation sites excluding steroid dienone is 2. The molecule has 0 amide bonds. The van der Waals surface area contributed by atoms with Gasteiger partial charge in [-0.2, -0.15) is 5.26 Å². The summed E-state index contributed by atoms with van der Waals surface area (Å²) in [6.07, 6.45) is 5.79. The molecule has 2 nitrogen and oxygen atoms in total. The normalized spacial score (nSPS) is 14.8. The molecule has 106 valence electrons. The van der Waals surface area contributed by atoms with Crippen LogP contribution in [0.2, 0.25) is 0 Å². The maximum absolute atomic E-state index is 9.50. The summed E-state index contributed by atoms with van der Waals surface area (Å²) in [6, 6.07) is 10.5. The largest absolute Gasteiger partial charge is 0.235 e. The first-order valence-corrected chi connectivity index (χ1v) is 8.79. The van der Waals surface area contributed by atoms with Crippen molar-refractivity contribution < 1.29 is 0 Å². The van der Waals surface area contributed by atoms with E-state index in [0.717, 1.165) is 39.2 Å². The van der Waals surface area contributed by atoms with Crippen LogP contribution in [0, 0.1) is 11.3 Å².